The molecular weight excluding hydrogens is 228 g/mol. The zero-order chi connectivity index (χ0) is 12.4. The number of hydrogen-bond acceptors (Lipinski definition) is 5. The maximum Gasteiger partial charge on any atom is 0.149 e. The molecule has 5 nitrogen and oxygen atoms in total. The van der Waals surface area contributed by atoms with Crippen LogP contribution in [0.5, 0.6) is 0 Å². The van der Waals surface area contributed by atoms with Crippen molar-refractivity contribution in [3.05, 3.63) is 48.6 Å². The molecule has 0 aliphatic heterocycles. The van der Waals surface area contributed by atoms with Crippen molar-refractivity contribution in [2.45, 2.75) is 6.54 Å². The molecule has 2 aromatic heterocycles. The van der Waals surface area contributed by atoms with Crippen molar-refractivity contribution in [1.29, 1.82) is 0 Å². The summed E-state index contributed by atoms with van der Waals surface area (Å²) in [6.45, 7) is 0.508. The summed E-state index contributed by atoms with van der Waals surface area (Å²) in [6.07, 6.45) is 3.34. The van der Waals surface area contributed by atoms with Gasteiger partial charge in [0, 0.05) is 11.6 Å². The lowest BCUT2D eigenvalue weighted by Gasteiger charge is -2.03. The zero-order valence-electron chi connectivity index (χ0n) is 9.63. The third-order valence-corrected chi connectivity index (χ3v) is 2.64. The van der Waals surface area contributed by atoms with Crippen LogP contribution in [-0.2, 0) is 6.54 Å². The van der Waals surface area contributed by atoms with Crippen LogP contribution in [-0.4, -0.2) is 9.97 Å². The summed E-state index contributed by atoms with van der Waals surface area (Å²) < 4.78 is 5.43. The van der Waals surface area contributed by atoms with Crippen LogP contribution in [0.25, 0.3) is 11.0 Å². The average molecular weight is 240 g/mol. The molecule has 0 fully saturated rings. The highest BCUT2D eigenvalue weighted by molar-refractivity contribution is 5.90. The Bertz CT molecular complexity index is 677. The molecule has 3 aromatic rings. The number of benzene rings is 1. The Kier molecular flexibility index (Phi) is 2.57. The number of furan rings is 1. The number of rotatable bonds is 3. The summed E-state index contributed by atoms with van der Waals surface area (Å²) in [7, 11) is 0. The second-order valence-corrected chi connectivity index (χ2v) is 3.90. The largest absolute Gasteiger partial charge is 0.462 e. The van der Waals surface area contributed by atoms with Gasteiger partial charge in [0.1, 0.15) is 23.5 Å². The van der Waals surface area contributed by atoms with Crippen molar-refractivity contribution in [3.63, 3.8) is 0 Å². The van der Waals surface area contributed by atoms with Crippen molar-refractivity contribution >= 4 is 22.5 Å². The third kappa shape index (κ3) is 1.98. The molecule has 3 N–H and O–H groups in total. The first-order valence-corrected chi connectivity index (χ1v) is 5.60. The molecule has 1 aromatic carbocycles. The first-order valence-electron chi connectivity index (χ1n) is 5.60. The van der Waals surface area contributed by atoms with Crippen LogP contribution in [0.3, 0.4) is 0 Å². The molecule has 0 aliphatic rings. The second-order valence-electron chi connectivity index (χ2n) is 3.90. The molecule has 0 amide bonds. The maximum atomic E-state index is 5.60. The summed E-state index contributed by atoms with van der Waals surface area (Å²) >= 11 is 0. The van der Waals surface area contributed by atoms with E-state index in [-0.39, 0.29) is 0 Å². The van der Waals surface area contributed by atoms with Crippen LogP contribution in [0, 0.1) is 0 Å². The number of hydrogen-bond donors (Lipinski definition) is 2. The maximum absolute atomic E-state index is 5.60. The minimum Gasteiger partial charge on any atom is -0.462 e. The van der Waals surface area contributed by atoms with Crippen LogP contribution < -0.4 is 11.1 Å². The Morgan fingerprint density at radius 3 is 3.00 bits per heavy atom. The van der Waals surface area contributed by atoms with Crippen molar-refractivity contribution < 1.29 is 4.42 Å². The Labute approximate surface area is 104 Å². The Balaban J connectivity index is 1.81. The molecule has 0 saturated heterocycles. The van der Waals surface area contributed by atoms with E-state index in [1.807, 2.05) is 24.3 Å². The van der Waals surface area contributed by atoms with Crippen LogP contribution in [0.1, 0.15) is 5.82 Å². The van der Waals surface area contributed by atoms with Crippen molar-refractivity contribution in [2.75, 3.05) is 11.1 Å². The van der Waals surface area contributed by atoms with Gasteiger partial charge in [-0.3, -0.25) is 0 Å². The number of nitrogens with two attached hydrogens (primary N) is 1. The highest BCUT2D eigenvalue weighted by Gasteiger charge is 2.05. The van der Waals surface area contributed by atoms with Gasteiger partial charge in [0.25, 0.3) is 0 Å². The summed E-state index contributed by atoms with van der Waals surface area (Å²) in [5.74, 6) is 1.12. The van der Waals surface area contributed by atoms with Gasteiger partial charge in [-0.05, 0) is 18.2 Å². The summed E-state index contributed by atoms with van der Waals surface area (Å²) in [5.41, 5.74) is 7.38. The zero-order valence-corrected chi connectivity index (χ0v) is 9.63. The molecule has 0 aliphatic carbocycles. The second kappa shape index (κ2) is 4.37. The normalized spacial score (nSPS) is 10.7. The number of nitrogen functional groups attached to an aromatic ring is 1. The van der Waals surface area contributed by atoms with Crippen LogP contribution in [0.2, 0.25) is 0 Å². The number of nitrogens with zero attached hydrogens (tertiary/aromatic N) is 2. The number of aromatic nitrogens is 2. The number of para-hydroxylation sites is 1. The quantitative estimate of drug-likeness (QED) is 0.735. The molecule has 2 heterocycles. The van der Waals surface area contributed by atoms with E-state index in [9.17, 15) is 0 Å². The molecule has 0 spiro atoms. The van der Waals surface area contributed by atoms with Crippen LogP contribution in [0.4, 0.5) is 11.5 Å². The van der Waals surface area contributed by atoms with Crippen molar-refractivity contribution in [3.8, 4) is 0 Å². The minimum absolute atomic E-state index is 0.471. The molecule has 3 rings (SSSR count). The molecule has 0 saturated carbocycles. The Hall–Kier alpha value is -2.56. The molecule has 18 heavy (non-hydrogen) atoms. The van der Waals surface area contributed by atoms with Crippen molar-refractivity contribution in [2.24, 2.45) is 0 Å². The highest BCUT2D eigenvalue weighted by atomic mass is 16.3. The Morgan fingerprint density at radius 2 is 2.11 bits per heavy atom. The molecule has 90 valence electrons. The summed E-state index contributed by atoms with van der Waals surface area (Å²) in [5, 5.41) is 4.28. The number of anilines is 2. The van der Waals surface area contributed by atoms with Gasteiger partial charge in [-0.2, -0.15) is 0 Å². The fraction of sp³-hybridized carbons (Fsp3) is 0.0769. The van der Waals surface area contributed by atoms with Gasteiger partial charge in [0.05, 0.1) is 12.2 Å². The smallest absolute Gasteiger partial charge is 0.149 e. The van der Waals surface area contributed by atoms with E-state index < -0.39 is 0 Å². The summed E-state index contributed by atoms with van der Waals surface area (Å²) in [4.78, 5) is 8.26. The van der Waals surface area contributed by atoms with Crippen LogP contribution in [0.15, 0.2) is 47.2 Å². The van der Waals surface area contributed by atoms with E-state index >= 15 is 0 Å². The van der Waals surface area contributed by atoms with Gasteiger partial charge in [-0.1, -0.05) is 12.1 Å². The van der Waals surface area contributed by atoms with Gasteiger partial charge >= 0.3 is 0 Å². The number of fused-ring (bicyclic) bond motifs is 1. The third-order valence-electron chi connectivity index (χ3n) is 2.64. The first kappa shape index (κ1) is 10.6. The molecule has 0 unspecified atom stereocenters. The number of nitrogens with one attached hydrogen (secondary N) is 1. The predicted molar refractivity (Wildman–Crippen MR) is 70.0 cm³/mol. The molecule has 0 radical (unpaired) electrons. The van der Waals surface area contributed by atoms with E-state index in [2.05, 4.69) is 15.3 Å². The standard InChI is InChI=1S/C13H12N4O/c14-12-5-6-15-13(17-12)7-16-10-8-18-11-4-2-1-3-9(10)11/h1-6,8,16H,7H2,(H2,14,15,17). The lowest BCUT2D eigenvalue weighted by molar-refractivity contribution is 0.616. The SMILES string of the molecule is Nc1ccnc(CNc2coc3ccccc23)n1. The molecular formula is C13H12N4O. The Morgan fingerprint density at radius 1 is 1.22 bits per heavy atom. The summed E-state index contributed by atoms with van der Waals surface area (Å²) in [6, 6.07) is 9.51. The van der Waals surface area contributed by atoms with E-state index in [1.165, 1.54) is 0 Å². The molecule has 0 bridgehead atoms. The first-order chi connectivity index (χ1) is 8.83. The van der Waals surface area contributed by atoms with Gasteiger partial charge in [-0.15, -0.1) is 0 Å². The van der Waals surface area contributed by atoms with Crippen LogP contribution >= 0.6 is 0 Å². The van der Waals surface area contributed by atoms with E-state index in [0.29, 0.717) is 18.2 Å². The monoisotopic (exact) mass is 240 g/mol. The predicted octanol–water partition coefficient (Wildman–Crippen LogP) is 2.42. The average Bonchev–Trinajstić information content (AvgIpc) is 2.80. The van der Waals surface area contributed by atoms with E-state index in [1.54, 1.807) is 18.5 Å². The van der Waals surface area contributed by atoms with Crippen molar-refractivity contribution in [1.82, 2.24) is 9.97 Å². The van der Waals surface area contributed by atoms with E-state index in [0.717, 1.165) is 16.7 Å². The van der Waals surface area contributed by atoms with Gasteiger partial charge < -0.3 is 15.5 Å². The molecule has 0 atom stereocenters. The topological polar surface area (TPSA) is 77.0 Å². The van der Waals surface area contributed by atoms with Gasteiger partial charge in [-0.25, -0.2) is 9.97 Å². The molecule has 5 heteroatoms. The lowest BCUT2D eigenvalue weighted by atomic mass is 10.2. The fourth-order valence-electron chi connectivity index (χ4n) is 1.79. The van der Waals surface area contributed by atoms with Gasteiger partial charge in [0.15, 0.2) is 0 Å². The van der Waals surface area contributed by atoms with Gasteiger partial charge in [0.2, 0.25) is 0 Å². The lowest BCUT2D eigenvalue weighted by Crippen LogP contribution is -2.05. The van der Waals surface area contributed by atoms with E-state index in [4.69, 9.17) is 10.2 Å². The fourth-order valence-corrected chi connectivity index (χ4v) is 1.79. The minimum atomic E-state index is 0.471. The highest BCUT2D eigenvalue weighted by Crippen LogP contribution is 2.25.